The number of non-ortho nitro benzene ring substituents is 1. The first-order valence-electron chi connectivity index (χ1n) is 6.58. The molecule has 1 unspecified atom stereocenters. The first-order valence-corrected chi connectivity index (χ1v) is 7.99. The van der Waals surface area contributed by atoms with Gasteiger partial charge in [-0.25, -0.2) is 0 Å². The highest BCUT2D eigenvalue weighted by Gasteiger charge is 2.25. The summed E-state index contributed by atoms with van der Waals surface area (Å²) in [6.07, 6.45) is -1.21. The van der Waals surface area contributed by atoms with Crippen LogP contribution in [0.1, 0.15) is 17.3 Å². The van der Waals surface area contributed by atoms with Crippen molar-refractivity contribution in [2.24, 2.45) is 0 Å². The van der Waals surface area contributed by atoms with E-state index in [0.29, 0.717) is 5.56 Å². The van der Waals surface area contributed by atoms with Crippen molar-refractivity contribution in [3.05, 3.63) is 70.3 Å². The summed E-state index contributed by atoms with van der Waals surface area (Å²) in [4.78, 5) is 21.8. The molecule has 7 nitrogen and oxygen atoms in total. The maximum absolute atomic E-state index is 12.1. The standard InChI is InChI=1S/C15H13NO6S/c1-11(15(17)12-5-3-2-4-6-12)22-23(20,21)14-9-7-13(8-10-14)16(18)19/h2-11H,1H3. The van der Waals surface area contributed by atoms with Gasteiger partial charge in [0.1, 0.15) is 6.10 Å². The molecule has 8 heteroatoms. The lowest BCUT2D eigenvalue weighted by atomic mass is 10.1. The van der Waals surface area contributed by atoms with Crippen LogP contribution in [0.3, 0.4) is 0 Å². The zero-order chi connectivity index (χ0) is 17.0. The van der Waals surface area contributed by atoms with Crippen LogP contribution in [0.2, 0.25) is 0 Å². The van der Waals surface area contributed by atoms with Gasteiger partial charge in [-0.2, -0.15) is 8.42 Å². The molecule has 2 aromatic carbocycles. The fourth-order valence-electron chi connectivity index (χ4n) is 1.86. The van der Waals surface area contributed by atoms with Crippen molar-refractivity contribution in [3.63, 3.8) is 0 Å². The minimum Gasteiger partial charge on any atom is -0.291 e. The molecule has 0 heterocycles. The number of ketones is 1. The number of rotatable bonds is 6. The maximum Gasteiger partial charge on any atom is 0.297 e. The van der Waals surface area contributed by atoms with Gasteiger partial charge in [-0.1, -0.05) is 30.3 Å². The Labute approximate surface area is 132 Å². The van der Waals surface area contributed by atoms with E-state index in [1.54, 1.807) is 30.3 Å². The van der Waals surface area contributed by atoms with Gasteiger partial charge in [-0.15, -0.1) is 0 Å². The van der Waals surface area contributed by atoms with E-state index >= 15 is 0 Å². The topological polar surface area (TPSA) is 104 Å². The van der Waals surface area contributed by atoms with Gasteiger partial charge >= 0.3 is 0 Å². The fraction of sp³-hybridized carbons (Fsp3) is 0.133. The number of nitrogens with zero attached hydrogens (tertiary/aromatic N) is 1. The van der Waals surface area contributed by atoms with Gasteiger partial charge in [0, 0.05) is 17.7 Å². The second-order valence-electron chi connectivity index (χ2n) is 4.67. The number of nitro benzene ring substituents is 1. The van der Waals surface area contributed by atoms with Crippen LogP contribution in [-0.4, -0.2) is 25.2 Å². The highest BCUT2D eigenvalue weighted by molar-refractivity contribution is 7.86. The third-order valence-corrected chi connectivity index (χ3v) is 4.43. The Morgan fingerprint density at radius 3 is 2.17 bits per heavy atom. The first kappa shape index (κ1) is 16.8. The summed E-state index contributed by atoms with van der Waals surface area (Å²) in [5, 5.41) is 10.6. The zero-order valence-corrected chi connectivity index (χ0v) is 12.9. The van der Waals surface area contributed by atoms with Crippen LogP contribution in [0.25, 0.3) is 0 Å². The van der Waals surface area contributed by atoms with Gasteiger partial charge in [0.25, 0.3) is 15.8 Å². The van der Waals surface area contributed by atoms with E-state index in [1.807, 2.05) is 0 Å². The van der Waals surface area contributed by atoms with Gasteiger partial charge in [0.15, 0.2) is 5.78 Å². The molecule has 0 amide bonds. The quantitative estimate of drug-likeness (QED) is 0.348. The number of hydrogen-bond donors (Lipinski definition) is 0. The van der Waals surface area contributed by atoms with Gasteiger partial charge in [0.05, 0.1) is 9.82 Å². The number of Topliss-reactive ketones (excluding diaryl/α,β-unsaturated/α-hetero) is 1. The molecule has 0 spiro atoms. The molecule has 0 N–H and O–H groups in total. The summed E-state index contributed by atoms with van der Waals surface area (Å²) in [5.74, 6) is -0.476. The van der Waals surface area contributed by atoms with Gasteiger partial charge < -0.3 is 0 Å². The second-order valence-corrected chi connectivity index (χ2v) is 6.25. The monoisotopic (exact) mass is 335 g/mol. The molecule has 0 aliphatic heterocycles. The molecule has 0 fully saturated rings. The molecule has 2 rings (SSSR count). The normalized spacial score (nSPS) is 12.6. The lowest BCUT2D eigenvalue weighted by Gasteiger charge is -2.12. The lowest BCUT2D eigenvalue weighted by molar-refractivity contribution is -0.384. The van der Waals surface area contributed by atoms with Crippen LogP contribution in [0.4, 0.5) is 5.69 Å². The largest absolute Gasteiger partial charge is 0.297 e. The molecule has 0 saturated heterocycles. The molecule has 0 radical (unpaired) electrons. The number of carbonyl (C=O) groups is 1. The summed E-state index contributed by atoms with van der Waals surface area (Å²) >= 11 is 0. The fourth-order valence-corrected chi connectivity index (χ4v) is 2.91. The molecule has 0 aromatic heterocycles. The summed E-state index contributed by atoms with van der Waals surface area (Å²) in [6, 6.07) is 12.4. The summed E-state index contributed by atoms with van der Waals surface area (Å²) in [6.45, 7) is 1.33. The molecule has 0 aliphatic carbocycles. The predicted molar refractivity (Wildman–Crippen MR) is 81.6 cm³/mol. The molecule has 0 aliphatic rings. The molecule has 0 bridgehead atoms. The number of benzene rings is 2. The zero-order valence-electron chi connectivity index (χ0n) is 12.1. The van der Waals surface area contributed by atoms with E-state index in [-0.39, 0.29) is 10.6 Å². The van der Waals surface area contributed by atoms with Crippen LogP contribution < -0.4 is 0 Å². The molecule has 23 heavy (non-hydrogen) atoms. The molecule has 1 atom stereocenters. The molecule has 2 aromatic rings. The van der Waals surface area contributed by atoms with E-state index in [4.69, 9.17) is 4.18 Å². The third kappa shape index (κ3) is 3.99. The predicted octanol–water partition coefficient (Wildman–Crippen LogP) is 2.57. The van der Waals surface area contributed by atoms with Crippen molar-refractivity contribution in [1.82, 2.24) is 0 Å². The number of carbonyl (C=O) groups excluding carboxylic acids is 1. The van der Waals surface area contributed by atoms with Crippen LogP contribution in [0.15, 0.2) is 59.5 Å². The number of nitro groups is 1. The van der Waals surface area contributed by atoms with Gasteiger partial charge in [-0.3, -0.25) is 19.1 Å². The van der Waals surface area contributed by atoms with E-state index in [2.05, 4.69) is 0 Å². The van der Waals surface area contributed by atoms with E-state index < -0.39 is 26.9 Å². The Kier molecular flexibility index (Phi) is 4.87. The van der Waals surface area contributed by atoms with E-state index in [9.17, 15) is 23.3 Å². The van der Waals surface area contributed by atoms with Crippen molar-refractivity contribution < 1.29 is 22.3 Å². The van der Waals surface area contributed by atoms with Crippen molar-refractivity contribution in [3.8, 4) is 0 Å². The average molecular weight is 335 g/mol. The van der Waals surface area contributed by atoms with Crippen LogP contribution >= 0.6 is 0 Å². The van der Waals surface area contributed by atoms with E-state index in [1.165, 1.54) is 6.92 Å². The molecular formula is C15H13NO6S. The minimum atomic E-state index is -4.20. The maximum atomic E-state index is 12.1. The van der Waals surface area contributed by atoms with Crippen LogP contribution in [0.5, 0.6) is 0 Å². The second kappa shape index (κ2) is 6.67. The van der Waals surface area contributed by atoms with Crippen molar-refractivity contribution in [2.75, 3.05) is 0 Å². The average Bonchev–Trinajstić information content (AvgIpc) is 2.54. The Balaban J connectivity index is 2.17. The minimum absolute atomic E-state index is 0.239. The van der Waals surface area contributed by atoms with Crippen LogP contribution in [0, 0.1) is 10.1 Å². The first-order chi connectivity index (χ1) is 10.8. The highest BCUT2D eigenvalue weighted by atomic mass is 32.2. The Bertz CT molecular complexity index is 815. The molecule has 0 saturated carbocycles. The third-order valence-electron chi connectivity index (χ3n) is 3.03. The Morgan fingerprint density at radius 2 is 1.65 bits per heavy atom. The van der Waals surface area contributed by atoms with Gasteiger partial charge in [-0.05, 0) is 19.1 Å². The summed E-state index contributed by atoms with van der Waals surface area (Å²) in [5.41, 5.74) is 0.0938. The highest BCUT2D eigenvalue weighted by Crippen LogP contribution is 2.19. The van der Waals surface area contributed by atoms with Crippen molar-refractivity contribution >= 4 is 21.6 Å². The summed E-state index contributed by atoms with van der Waals surface area (Å²) in [7, 11) is -4.20. The van der Waals surface area contributed by atoms with Gasteiger partial charge in [0.2, 0.25) is 0 Å². The SMILES string of the molecule is CC(OS(=O)(=O)c1ccc([N+](=O)[O-])cc1)C(=O)c1ccccc1. The Hall–Kier alpha value is -2.58. The van der Waals surface area contributed by atoms with Crippen molar-refractivity contribution in [2.45, 2.75) is 17.9 Å². The molecular weight excluding hydrogens is 322 g/mol. The smallest absolute Gasteiger partial charge is 0.291 e. The lowest BCUT2D eigenvalue weighted by Crippen LogP contribution is -2.24. The van der Waals surface area contributed by atoms with E-state index in [0.717, 1.165) is 24.3 Å². The summed E-state index contributed by atoms with van der Waals surface area (Å²) < 4.78 is 29.1. The van der Waals surface area contributed by atoms with Crippen LogP contribution in [-0.2, 0) is 14.3 Å². The Morgan fingerprint density at radius 1 is 1.09 bits per heavy atom. The number of hydrogen-bond acceptors (Lipinski definition) is 6. The van der Waals surface area contributed by atoms with Crippen molar-refractivity contribution in [1.29, 1.82) is 0 Å². The molecule has 120 valence electrons.